The highest BCUT2D eigenvalue weighted by Crippen LogP contribution is 2.09. The summed E-state index contributed by atoms with van der Waals surface area (Å²) in [6, 6.07) is 0. The zero-order chi connectivity index (χ0) is 6.78. The van der Waals surface area contributed by atoms with Gasteiger partial charge in [-0.1, -0.05) is 9.24 Å². The van der Waals surface area contributed by atoms with Gasteiger partial charge in [-0.3, -0.25) is 5.73 Å². The number of carbonyl (C=O) groups excluding carboxylic acids is 1. The maximum atomic E-state index is 9.92. The van der Waals surface area contributed by atoms with Crippen LogP contribution in [0.3, 0.4) is 0 Å². The Morgan fingerprint density at radius 3 is 2.25 bits per heavy atom. The maximum absolute atomic E-state index is 9.92. The molecule has 0 bridgehead atoms. The summed E-state index contributed by atoms with van der Waals surface area (Å²) in [6.07, 6.45) is -0.870. The van der Waals surface area contributed by atoms with E-state index in [4.69, 9.17) is 5.73 Å². The standard InChI is InChI=1S/C3H9N2O2P/c1-3(5,8)7-2(4)6/h5,8H2,1H3,(H2,4,6). The van der Waals surface area contributed by atoms with Crippen LogP contribution in [0.5, 0.6) is 0 Å². The molecular formula is C3H9N2O2P. The number of primary amides is 1. The van der Waals surface area contributed by atoms with Crippen molar-refractivity contribution in [1.82, 2.24) is 0 Å². The van der Waals surface area contributed by atoms with Crippen molar-refractivity contribution >= 4 is 15.3 Å². The monoisotopic (exact) mass is 136 g/mol. The molecule has 0 radical (unpaired) electrons. The first kappa shape index (κ1) is 7.66. The lowest BCUT2D eigenvalue weighted by atomic mass is 10.7. The van der Waals surface area contributed by atoms with Gasteiger partial charge in [0.15, 0.2) is 5.47 Å². The molecule has 8 heavy (non-hydrogen) atoms. The molecule has 48 valence electrons. The summed E-state index contributed by atoms with van der Waals surface area (Å²) in [5.41, 5.74) is 8.76. The highest BCUT2D eigenvalue weighted by molar-refractivity contribution is 7.18. The van der Waals surface area contributed by atoms with Gasteiger partial charge >= 0.3 is 6.09 Å². The van der Waals surface area contributed by atoms with Gasteiger partial charge < -0.3 is 10.5 Å². The van der Waals surface area contributed by atoms with Gasteiger partial charge in [-0.2, -0.15) is 0 Å². The van der Waals surface area contributed by atoms with Crippen LogP contribution in [0.1, 0.15) is 6.92 Å². The summed E-state index contributed by atoms with van der Waals surface area (Å²) < 4.78 is 4.32. The summed E-state index contributed by atoms with van der Waals surface area (Å²) in [5, 5.41) is 0. The highest BCUT2D eigenvalue weighted by atomic mass is 31.0. The van der Waals surface area contributed by atoms with E-state index < -0.39 is 11.6 Å². The minimum Gasteiger partial charge on any atom is -0.425 e. The molecule has 0 aromatic carbocycles. The highest BCUT2D eigenvalue weighted by Gasteiger charge is 2.13. The van der Waals surface area contributed by atoms with Gasteiger partial charge in [0.1, 0.15) is 0 Å². The quantitative estimate of drug-likeness (QED) is 0.380. The van der Waals surface area contributed by atoms with Crippen LogP contribution >= 0.6 is 9.24 Å². The number of hydrogen-bond donors (Lipinski definition) is 2. The molecule has 0 rings (SSSR count). The summed E-state index contributed by atoms with van der Waals surface area (Å²) in [4.78, 5) is 9.92. The molecule has 0 aliphatic carbocycles. The molecule has 2 unspecified atom stereocenters. The van der Waals surface area contributed by atoms with E-state index >= 15 is 0 Å². The molecule has 0 aliphatic rings. The summed E-state index contributed by atoms with van der Waals surface area (Å²) >= 11 is 0. The number of carbonyl (C=O) groups is 1. The molecule has 0 saturated carbocycles. The van der Waals surface area contributed by atoms with E-state index in [9.17, 15) is 4.79 Å². The molecule has 0 spiro atoms. The molecule has 5 heteroatoms. The number of ether oxygens (including phenoxy) is 1. The smallest absolute Gasteiger partial charge is 0.406 e. The van der Waals surface area contributed by atoms with Gasteiger partial charge in [0.25, 0.3) is 0 Å². The third kappa shape index (κ3) is 5.66. The van der Waals surface area contributed by atoms with Crippen molar-refractivity contribution in [3.8, 4) is 0 Å². The lowest BCUT2D eigenvalue weighted by molar-refractivity contribution is 0.0991. The van der Waals surface area contributed by atoms with Crippen LogP contribution in [0, 0.1) is 0 Å². The van der Waals surface area contributed by atoms with Crippen molar-refractivity contribution in [2.45, 2.75) is 12.4 Å². The fourth-order valence-corrected chi connectivity index (χ4v) is 0.333. The first-order chi connectivity index (χ1) is 3.42. The normalized spacial score (nSPS) is 16.9. The molecule has 2 atom stereocenters. The molecule has 0 aliphatic heterocycles. The molecule has 0 heterocycles. The van der Waals surface area contributed by atoms with Crippen LogP contribution in [0.2, 0.25) is 0 Å². The van der Waals surface area contributed by atoms with Crippen molar-refractivity contribution in [2.24, 2.45) is 11.5 Å². The predicted octanol–water partition coefficient (Wildman–Crippen LogP) is -0.411. The van der Waals surface area contributed by atoms with Crippen LogP contribution < -0.4 is 11.5 Å². The molecule has 0 aromatic rings. The van der Waals surface area contributed by atoms with Crippen molar-refractivity contribution in [1.29, 1.82) is 0 Å². The third-order valence-electron chi connectivity index (χ3n) is 0.321. The fourth-order valence-electron chi connectivity index (χ4n) is 0.217. The zero-order valence-corrected chi connectivity index (χ0v) is 5.70. The predicted molar refractivity (Wildman–Crippen MR) is 33.0 cm³/mol. The molecule has 0 aromatic heterocycles. The van der Waals surface area contributed by atoms with Gasteiger partial charge in [0.2, 0.25) is 0 Å². The second-order valence-electron chi connectivity index (χ2n) is 1.60. The van der Waals surface area contributed by atoms with Crippen LogP contribution in [0.15, 0.2) is 0 Å². The average molecular weight is 136 g/mol. The van der Waals surface area contributed by atoms with Crippen LogP contribution in [0.4, 0.5) is 4.79 Å². The van der Waals surface area contributed by atoms with Crippen LogP contribution in [-0.2, 0) is 4.74 Å². The van der Waals surface area contributed by atoms with Crippen molar-refractivity contribution < 1.29 is 9.53 Å². The Hall–Kier alpha value is -0.340. The summed E-state index contributed by atoms with van der Waals surface area (Å²) in [5.74, 6) is 0. The van der Waals surface area contributed by atoms with Gasteiger partial charge in [0.05, 0.1) is 0 Å². The minimum atomic E-state index is -1.04. The lowest BCUT2D eigenvalue weighted by Crippen LogP contribution is -2.36. The van der Waals surface area contributed by atoms with Crippen LogP contribution in [0.25, 0.3) is 0 Å². The van der Waals surface area contributed by atoms with Crippen molar-refractivity contribution in [3.05, 3.63) is 0 Å². The number of nitrogens with two attached hydrogens (primary N) is 2. The number of rotatable bonds is 1. The van der Waals surface area contributed by atoms with Gasteiger partial charge in [-0.05, 0) is 6.92 Å². The topological polar surface area (TPSA) is 78.3 Å². The third-order valence-corrected chi connectivity index (χ3v) is 0.438. The van der Waals surface area contributed by atoms with E-state index in [1.165, 1.54) is 6.92 Å². The summed E-state index contributed by atoms with van der Waals surface area (Å²) in [6.45, 7) is 1.50. The second-order valence-corrected chi connectivity index (χ2v) is 2.75. The first-order valence-corrected chi connectivity index (χ1v) is 2.56. The summed E-state index contributed by atoms with van der Waals surface area (Å²) in [7, 11) is 2.11. The second kappa shape index (κ2) is 2.29. The lowest BCUT2D eigenvalue weighted by Gasteiger charge is -2.16. The zero-order valence-electron chi connectivity index (χ0n) is 4.55. The SMILES string of the molecule is CC(N)(P)OC(N)=O. The van der Waals surface area contributed by atoms with Gasteiger partial charge in [0, 0.05) is 0 Å². The van der Waals surface area contributed by atoms with Gasteiger partial charge in [-0.25, -0.2) is 4.79 Å². The van der Waals surface area contributed by atoms with E-state index in [2.05, 4.69) is 19.7 Å². The molecule has 0 saturated heterocycles. The Balaban J connectivity index is 3.55. The van der Waals surface area contributed by atoms with E-state index in [0.717, 1.165) is 0 Å². The first-order valence-electron chi connectivity index (χ1n) is 1.98. The molecule has 4 nitrogen and oxygen atoms in total. The van der Waals surface area contributed by atoms with Crippen molar-refractivity contribution in [2.75, 3.05) is 0 Å². The Kier molecular flexibility index (Phi) is 2.19. The van der Waals surface area contributed by atoms with E-state index in [0.29, 0.717) is 0 Å². The Labute approximate surface area is 49.8 Å². The average Bonchev–Trinajstić information content (AvgIpc) is 1.21. The minimum absolute atomic E-state index is 0.870. The Morgan fingerprint density at radius 1 is 1.88 bits per heavy atom. The molecular weight excluding hydrogens is 127 g/mol. The largest absolute Gasteiger partial charge is 0.425 e. The van der Waals surface area contributed by atoms with Crippen molar-refractivity contribution in [3.63, 3.8) is 0 Å². The Morgan fingerprint density at radius 2 is 2.25 bits per heavy atom. The van der Waals surface area contributed by atoms with E-state index in [1.54, 1.807) is 0 Å². The molecule has 0 fully saturated rings. The Bertz CT molecular complexity index is 97.9. The molecule has 1 amide bonds. The number of hydrogen-bond acceptors (Lipinski definition) is 3. The number of amides is 1. The fraction of sp³-hybridized carbons (Fsp3) is 0.667. The van der Waals surface area contributed by atoms with E-state index in [-0.39, 0.29) is 0 Å². The molecule has 4 N–H and O–H groups in total. The maximum Gasteiger partial charge on any atom is 0.406 e. The van der Waals surface area contributed by atoms with E-state index in [1.807, 2.05) is 0 Å². The van der Waals surface area contributed by atoms with Gasteiger partial charge in [-0.15, -0.1) is 0 Å². The van der Waals surface area contributed by atoms with Crippen LogP contribution in [-0.4, -0.2) is 11.6 Å².